The van der Waals surface area contributed by atoms with E-state index in [1.54, 1.807) is 0 Å². The van der Waals surface area contributed by atoms with Crippen LogP contribution in [0.5, 0.6) is 0 Å². The van der Waals surface area contributed by atoms with Crippen molar-refractivity contribution in [1.82, 2.24) is 4.90 Å². The van der Waals surface area contributed by atoms with E-state index in [-0.39, 0.29) is 12.0 Å². The van der Waals surface area contributed by atoms with E-state index in [0.717, 1.165) is 36.8 Å². The van der Waals surface area contributed by atoms with Crippen LogP contribution in [0, 0.1) is 5.41 Å². The van der Waals surface area contributed by atoms with Crippen LogP contribution in [-0.2, 0) is 4.79 Å². The minimum atomic E-state index is -0.881. The molecule has 21 heavy (non-hydrogen) atoms. The lowest BCUT2D eigenvalue weighted by Gasteiger charge is -2.61. The predicted octanol–water partition coefficient (Wildman–Crippen LogP) is 1.24. The zero-order valence-electron chi connectivity index (χ0n) is 14.4. The minimum Gasteiger partial charge on any atom is -0.544 e. The van der Waals surface area contributed by atoms with Crippen molar-refractivity contribution in [2.45, 2.75) is 71.5 Å². The van der Waals surface area contributed by atoms with Gasteiger partial charge in [0.2, 0.25) is 0 Å². The van der Waals surface area contributed by atoms with Gasteiger partial charge >= 0.3 is 0 Å². The highest BCUT2D eigenvalue weighted by Gasteiger charge is 2.55. The third-order valence-electron chi connectivity index (χ3n) is 6.31. The first kappa shape index (κ1) is 16.8. The fourth-order valence-corrected chi connectivity index (χ4v) is 5.13. The van der Waals surface area contributed by atoms with Crippen LogP contribution < -0.4 is 5.11 Å². The standard InChI is InChI=1S/C17H32N2O2/c1-13(2)18(5)14-9-11-19(12-16(20)21)10-7-6-8-15(19)17(14,3)4/h13-15H,6-12H2,1-5H3. The highest BCUT2D eigenvalue weighted by atomic mass is 16.4. The van der Waals surface area contributed by atoms with Gasteiger partial charge < -0.3 is 19.3 Å². The Kier molecular flexibility index (Phi) is 4.69. The summed E-state index contributed by atoms with van der Waals surface area (Å²) in [7, 11) is 2.22. The molecule has 0 spiro atoms. The SMILES string of the molecule is CC(C)N(C)C1CC[N+]2(CC(=O)[O-])CCCCC2C1(C)C. The summed E-state index contributed by atoms with van der Waals surface area (Å²) >= 11 is 0. The van der Waals surface area contributed by atoms with Crippen molar-refractivity contribution < 1.29 is 14.4 Å². The normalized spacial score (nSPS) is 35.8. The molecule has 2 fully saturated rings. The molecule has 2 saturated heterocycles. The summed E-state index contributed by atoms with van der Waals surface area (Å²) in [4.78, 5) is 13.8. The Morgan fingerprint density at radius 2 is 1.95 bits per heavy atom. The molecular weight excluding hydrogens is 264 g/mol. The number of hydrogen-bond acceptors (Lipinski definition) is 3. The largest absolute Gasteiger partial charge is 0.544 e. The summed E-state index contributed by atoms with van der Waals surface area (Å²) in [6, 6.07) is 1.51. The van der Waals surface area contributed by atoms with Crippen molar-refractivity contribution in [3.8, 4) is 0 Å². The topological polar surface area (TPSA) is 43.4 Å². The Bertz CT molecular complexity index is 394. The van der Waals surface area contributed by atoms with Crippen LogP contribution in [0.1, 0.15) is 53.4 Å². The lowest BCUT2D eigenvalue weighted by molar-refractivity contribution is -0.963. The van der Waals surface area contributed by atoms with Gasteiger partial charge in [-0.25, -0.2) is 0 Å². The number of piperidine rings is 2. The van der Waals surface area contributed by atoms with Gasteiger partial charge in [-0.3, -0.25) is 0 Å². The third kappa shape index (κ3) is 2.98. The van der Waals surface area contributed by atoms with Crippen LogP contribution in [0.2, 0.25) is 0 Å². The van der Waals surface area contributed by atoms with Gasteiger partial charge in [-0.1, -0.05) is 13.8 Å². The quantitative estimate of drug-likeness (QED) is 0.733. The Morgan fingerprint density at radius 3 is 2.52 bits per heavy atom. The van der Waals surface area contributed by atoms with Gasteiger partial charge in [-0.15, -0.1) is 0 Å². The van der Waals surface area contributed by atoms with E-state index in [1.807, 2.05) is 0 Å². The van der Waals surface area contributed by atoms with Crippen LogP contribution in [0.4, 0.5) is 0 Å². The number of carboxylic acids is 1. The van der Waals surface area contributed by atoms with Gasteiger partial charge in [0.1, 0.15) is 6.54 Å². The van der Waals surface area contributed by atoms with Crippen LogP contribution in [0.3, 0.4) is 0 Å². The zero-order chi connectivity index (χ0) is 15.8. The Labute approximate surface area is 129 Å². The number of quaternary nitrogens is 1. The fourth-order valence-electron chi connectivity index (χ4n) is 5.13. The second-order valence-corrected chi connectivity index (χ2v) is 8.09. The van der Waals surface area contributed by atoms with E-state index >= 15 is 0 Å². The van der Waals surface area contributed by atoms with Crippen molar-refractivity contribution in [2.75, 3.05) is 26.7 Å². The van der Waals surface area contributed by atoms with Gasteiger partial charge in [0.05, 0.1) is 25.1 Å². The van der Waals surface area contributed by atoms with Crippen LogP contribution in [0.15, 0.2) is 0 Å². The molecule has 0 aromatic heterocycles. The Balaban J connectivity index is 2.30. The molecule has 0 radical (unpaired) electrons. The van der Waals surface area contributed by atoms with E-state index in [1.165, 1.54) is 6.42 Å². The van der Waals surface area contributed by atoms with Crippen LogP contribution >= 0.6 is 0 Å². The number of carboxylic acid groups (broad SMARTS) is 1. The van der Waals surface area contributed by atoms with Crippen molar-refractivity contribution in [3.63, 3.8) is 0 Å². The van der Waals surface area contributed by atoms with Gasteiger partial charge in [-0.2, -0.15) is 0 Å². The minimum absolute atomic E-state index is 0.146. The number of fused-ring (bicyclic) bond motifs is 1. The van der Waals surface area contributed by atoms with E-state index in [9.17, 15) is 9.90 Å². The third-order valence-corrected chi connectivity index (χ3v) is 6.31. The Hall–Kier alpha value is -0.610. The summed E-state index contributed by atoms with van der Waals surface area (Å²) in [6.07, 6.45) is 4.64. The van der Waals surface area contributed by atoms with Gasteiger partial charge in [-0.05, 0) is 33.7 Å². The second kappa shape index (κ2) is 5.88. The molecule has 0 aromatic rings. The van der Waals surface area contributed by atoms with E-state index < -0.39 is 5.97 Å². The number of rotatable bonds is 4. The molecule has 2 rings (SSSR count). The Morgan fingerprint density at radius 1 is 1.29 bits per heavy atom. The average Bonchev–Trinajstić information content (AvgIpc) is 2.37. The molecular formula is C17H32N2O2. The lowest BCUT2D eigenvalue weighted by atomic mass is 9.67. The van der Waals surface area contributed by atoms with Crippen molar-refractivity contribution >= 4 is 5.97 Å². The lowest BCUT2D eigenvalue weighted by Crippen LogP contribution is -2.73. The number of carbonyl (C=O) groups is 1. The summed E-state index contributed by atoms with van der Waals surface area (Å²) in [5, 5.41) is 11.3. The number of carbonyl (C=O) groups excluding carboxylic acids is 1. The molecule has 0 N–H and O–H groups in total. The molecule has 3 unspecified atom stereocenters. The maximum Gasteiger partial charge on any atom is 0.119 e. The van der Waals surface area contributed by atoms with E-state index in [2.05, 4.69) is 39.6 Å². The fraction of sp³-hybridized carbons (Fsp3) is 0.941. The summed E-state index contributed by atoms with van der Waals surface area (Å²) in [6.45, 7) is 11.4. The van der Waals surface area contributed by atoms with Crippen molar-refractivity contribution in [2.24, 2.45) is 5.41 Å². The first-order valence-electron chi connectivity index (χ1n) is 8.48. The monoisotopic (exact) mass is 296 g/mol. The molecule has 122 valence electrons. The summed E-state index contributed by atoms with van der Waals surface area (Å²) in [5.41, 5.74) is 0.146. The molecule has 4 nitrogen and oxygen atoms in total. The first-order chi connectivity index (χ1) is 9.70. The van der Waals surface area contributed by atoms with Gasteiger partial charge in [0.15, 0.2) is 0 Å². The molecule has 0 aromatic carbocycles. The zero-order valence-corrected chi connectivity index (χ0v) is 14.4. The van der Waals surface area contributed by atoms with Gasteiger partial charge in [0.25, 0.3) is 0 Å². The molecule has 0 amide bonds. The van der Waals surface area contributed by atoms with Crippen LogP contribution in [0.25, 0.3) is 0 Å². The number of nitrogens with zero attached hydrogens (tertiary/aromatic N) is 2. The molecule has 2 aliphatic rings. The predicted molar refractivity (Wildman–Crippen MR) is 82.6 cm³/mol. The molecule has 0 saturated carbocycles. The average molecular weight is 296 g/mol. The summed E-state index contributed by atoms with van der Waals surface area (Å²) in [5.74, 6) is -0.881. The number of hydrogen-bond donors (Lipinski definition) is 0. The highest BCUT2D eigenvalue weighted by molar-refractivity contribution is 5.65. The maximum absolute atomic E-state index is 11.3. The molecule has 2 heterocycles. The molecule has 3 atom stereocenters. The smallest absolute Gasteiger partial charge is 0.119 e. The molecule has 2 aliphatic heterocycles. The van der Waals surface area contributed by atoms with E-state index in [4.69, 9.17) is 0 Å². The van der Waals surface area contributed by atoms with Crippen LogP contribution in [-0.4, -0.2) is 60.2 Å². The summed E-state index contributed by atoms with van der Waals surface area (Å²) < 4.78 is 0.762. The molecule has 0 bridgehead atoms. The van der Waals surface area contributed by atoms with E-state index in [0.29, 0.717) is 18.1 Å². The first-order valence-corrected chi connectivity index (χ1v) is 8.48. The molecule has 0 aliphatic carbocycles. The molecule has 4 heteroatoms. The maximum atomic E-state index is 11.3. The van der Waals surface area contributed by atoms with Crippen molar-refractivity contribution in [3.05, 3.63) is 0 Å². The van der Waals surface area contributed by atoms with Crippen molar-refractivity contribution in [1.29, 1.82) is 0 Å². The van der Waals surface area contributed by atoms with Gasteiger partial charge in [0, 0.05) is 30.3 Å². The number of aliphatic carboxylic acids is 1. The second-order valence-electron chi connectivity index (χ2n) is 8.09. The highest BCUT2D eigenvalue weighted by Crippen LogP contribution is 2.46.